The van der Waals surface area contributed by atoms with Crippen LogP contribution in [0.2, 0.25) is 0 Å². The van der Waals surface area contributed by atoms with Crippen LogP contribution in [0.15, 0.2) is 36.4 Å². The van der Waals surface area contributed by atoms with Gasteiger partial charge in [0.2, 0.25) is 0 Å². The van der Waals surface area contributed by atoms with Gasteiger partial charge in [-0.25, -0.2) is 4.79 Å². The lowest BCUT2D eigenvalue weighted by atomic mass is 9.94. The fourth-order valence-corrected chi connectivity index (χ4v) is 2.92. The molecule has 0 atom stereocenters. The third-order valence-corrected chi connectivity index (χ3v) is 4.22. The summed E-state index contributed by atoms with van der Waals surface area (Å²) in [6.07, 6.45) is -0.0689. The zero-order chi connectivity index (χ0) is 19.3. The number of nitrogens with zero attached hydrogens (tertiary/aromatic N) is 1. The summed E-state index contributed by atoms with van der Waals surface area (Å²) in [4.78, 5) is 24.2. The molecule has 0 saturated carbocycles. The number of amides is 2. The molecular formula is C20H24N2O4. The van der Waals surface area contributed by atoms with Crippen molar-refractivity contribution in [2.45, 2.75) is 26.8 Å². The number of methoxy groups -OCH3 is 1. The normalized spacial score (nSPS) is 10.4. The Kier molecular flexibility index (Phi) is 6.22. The summed E-state index contributed by atoms with van der Waals surface area (Å²) in [6.45, 7) is 4.72. The van der Waals surface area contributed by atoms with Gasteiger partial charge < -0.3 is 20.5 Å². The summed E-state index contributed by atoms with van der Waals surface area (Å²) in [7, 11) is 1.57. The highest BCUT2D eigenvalue weighted by atomic mass is 16.5. The fourth-order valence-electron chi connectivity index (χ4n) is 2.92. The Bertz CT molecular complexity index is 817. The van der Waals surface area contributed by atoms with Crippen LogP contribution >= 0.6 is 0 Å². The van der Waals surface area contributed by atoms with Crippen molar-refractivity contribution < 1.29 is 19.4 Å². The van der Waals surface area contributed by atoms with E-state index in [0.29, 0.717) is 24.4 Å². The number of carboxylic acids is 1. The molecule has 0 radical (unpaired) electrons. The highest BCUT2D eigenvalue weighted by Crippen LogP contribution is 2.34. The zero-order valence-electron chi connectivity index (χ0n) is 15.3. The standard InChI is InChI=1S/C20H24N2O4/c1-4-22(20(21)25)12-15-9-13(2)5-7-16(15)17-10-14(11-19(23)24)6-8-18(17)26-3/h5-10H,4,11-12H2,1-3H3,(H2,21,25)(H,23,24). The molecule has 26 heavy (non-hydrogen) atoms. The number of rotatable bonds is 7. The van der Waals surface area contributed by atoms with E-state index in [9.17, 15) is 9.59 Å². The molecule has 2 amide bonds. The molecule has 2 rings (SSSR count). The fraction of sp³-hybridized carbons (Fsp3) is 0.300. The van der Waals surface area contributed by atoms with E-state index in [1.54, 1.807) is 24.1 Å². The molecule has 0 aliphatic carbocycles. The molecule has 0 aromatic heterocycles. The molecule has 0 bridgehead atoms. The number of benzene rings is 2. The number of hydrogen-bond acceptors (Lipinski definition) is 3. The minimum Gasteiger partial charge on any atom is -0.496 e. The monoisotopic (exact) mass is 356 g/mol. The highest BCUT2D eigenvalue weighted by molar-refractivity contribution is 5.78. The Labute approximate surface area is 153 Å². The molecule has 6 heteroatoms. The Morgan fingerprint density at radius 3 is 2.46 bits per heavy atom. The lowest BCUT2D eigenvalue weighted by Gasteiger charge is -2.21. The molecule has 0 aliphatic rings. The maximum absolute atomic E-state index is 11.6. The first kappa shape index (κ1) is 19.3. The van der Waals surface area contributed by atoms with Crippen molar-refractivity contribution in [2.75, 3.05) is 13.7 Å². The van der Waals surface area contributed by atoms with E-state index in [1.165, 1.54) is 0 Å². The summed E-state index contributed by atoms with van der Waals surface area (Å²) in [5, 5.41) is 9.07. The Morgan fingerprint density at radius 1 is 1.15 bits per heavy atom. The first-order valence-electron chi connectivity index (χ1n) is 8.38. The molecule has 0 spiro atoms. The first-order valence-corrected chi connectivity index (χ1v) is 8.38. The smallest absolute Gasteiger partial charge is 0.315 e. The van der Waals surface area contributed by atoms with Crippen LogP contribution in [0.1, 0.15) is 23.6 Å². The van der Waals surface area contributed by atoms with E-state index in [1.807, 2.05) is 38.1 Å². The second-order valence-corrected chi connectivity index (χ2v) is 6.12. The number of aliphatic carboxylic acids is 1. The minimum absolute atomic E-state index is 0.0689. The average Bonchev–Trinajstić information content (AvgIpc) is 2.59. The number of carbonyl (C=O) groups is 2. The van der Waals surface area contributed by atoms with Crippen LogP contribution in [0.3, 0.4) is 0 Å². The van der Waals surface area contributed by atoms with E-state index in [2.05, 4.69) is 0 Å². The van der Waals surface area contributed by atoms with Gasteiger partial charge >= 0.3 is 12.0 Å². The van der Waals surface area contributed by atoms with E-state index < -0.39 is 12.0 Å². The Balaban J connectivity index is 2.56. The molecule has 2 aromatic rings. The van der Waals surface area contributed by atoms with Crippen LogP contribution in [0, 0.1) is 6.92 Å². The molecule has 0 fully saturated rings. The third kappa shape index (κ3) is 4.53. The van der Waals surface area contributed by atoms with Crippen LogP contribution in [-0.2, 0) is 17.8 Å². The van der Waals surface area contributed by atoms with Crippen molar-refractivity contribution in [2.24, 2.45) is 5.73 Å². The number of carbonyl (C=O) groups excluding carboxylic acids is 1. The maximum Gasteiger partial charge on any atom is 0.315 e. The minimum atomic E-state index is -0.892. The molecular weight excluding hydrogens is 332 g/mol. The van der Waals surface area contributed by atoms with Gasteiger partial charge in [-0.15, -0.1) is 0 Å². The van der Waals surface area contributed by atoms with Gasteiger partial charge in [0.25, 0.3) is 0 Å². The molecule has 3 N–H and O–H groups in total. The van der Waals surface area contributed by atoms with Crippen LogP contribution < -0.4 is 10.5 Å². The van der Waals surface area contributed by atoms with Gasteiger partial charge in [-0.2, -0.15) is 0 Å². The zero-order valence-corrected chi connectivity index (χ0v) is 15.3. The van der Waals surface area contributed by atoms with E-state index in [-0.39, 0.29) is 6.42 Å². The van der Waals surface area contributed by atoms with E-state index in [4.69, 9.17) is 15.6 Å². The number of nitrogens with two attached hydrogens (primary N) is 1. The second kappa shape index (κ2) is 8.38. The number of aryl methyl sites for hydroxylation is 1. The summed E-state index contributed by atoms with van der Waals surface area (Å²) in [5.74, 6) is -0.248. The molecule has 0 saturated heterocycles. The van der Waals surface area contributed by atoms with Crippen LogP contribution in [0.25, 0.3) is 11.1 Å². The topological polar surface area (TPSA) is 92.9 Å². The highest BCUT2D eigenvalue weighted by Gasteiger charge is 2.16. The van der Waals surface area contributed by atoms with Gasteiger partial charge in [-0.1, -0.05) is 29.8 Å². The molecule has 6 nitrogen and oxygen atoms in total. The number of carboxylic acid groups (broad SMARTS) is 1. The van der Waals surface area contributed by atoms with Crippen LogP contribution in [-0.4, -0.2) is 35.7 Å². The van der Waals surface area contributed by atoms with Crippen molar-refractivity contribution >= 4 is 12.0 Å². The Hall–Kier alpha value is -3.02. The SMILES string of the molecule is CCN(Cc1cc(C)ccc1-c1cc(CC(=O)O)ccc1OC)C(N)=O. The molecule has 0 heterocycles. The average molecular weight is 356 g/mol. The van der Waals surface area contributed by atoms with Crippen molar-refractivity contribution in [1.82, 2.24) is 4.90 Å². The summed E-state index contributed by atoms with van der Waals surface area (Å²) >= 11 is 0. The molecule has 0 aliphatic heterocycles. The van der Waals surface area contributed by atoms with E-state index >= 15 is 0 Å². The van der Waals surface area contributed by atoms with Gasteiger partial charge in [0.15, 0.2) is 0 Å². The number of primary amides is 1. The quantitative estimate of drug-likeness (QED) is 0.797. The largest absolute Gasteiger partial charge is 0.496 e. The van der Waals surface area contributed by atoms with Gasteiger partial charge in [0.05, 0.1) is 13.5 Å². The number of urea groups is 1. The summed E-state index contributed by atoms with van der Waals surface area (Å²) < 4.78 is 5.47. The van der Waals surface area contributed by atoms with Crippen molar-refractivity contribution in [3.8, 4) is 16.9 Å². The Morgan fingerprint density at radius 2 is 1.88 bits per heavy atom. The predicted molar refractivity (Wildman–Crippen MR) is 100 cm³/mol. The first-order chi connectivity index (χ1) is 12.3. The maximum atomic E-state index is 11.6. The summed E-state index contributed by atoms with van der Waals surface area (Å²) in [5.41, 5.74) is 9.81. The third-order valence-electron chi connectivity index (χ3n) is 4.22. The molecule has 138 valence electrons. The predicted octanol–water partition coefficient (Wildman–Crippen LogP) is 3.20. The van der Waals surface area contributed by atoms with Gasteiger partial charge in [0, 0.05) is 18.7 Å². The van der Waals surface area contributed by atoms with Crippen molar-refractivity contribution in [1.29, 1.82) is 0 Å². The van der Waals surface area contributed by atoms with Gasteiger partial charge in [-0.3, -0.25) is 4.79 Å². The summed E-state index contributed by atoms with van der Waals surface area (Å²) in [6, 6.07) is 10.8. The van der Waals surface area contributed by atoms with E-state index in [0.717, 1.165) is 22.3 Å². The number of ether oxygens (including phenoxy) is 1. The number of hydrogen-bond donors (Lipinski definition) is 2. The molecule has 0 unspecified atom stereocenters. The molecule has 2 aromatic carbocycles. The van der Waals surface area contributed by atoms with Gasteiger partial charge in [0.1, 0.15) is 5.75 Å². The van der Waals surface area contributed by atoms with Crippen molar-refractivity contribution in [3.63, 3.8) is 0 Å². The van der Waals surface area contributed by atoms with Gasteiger partial charge in [-0.05, 0) is 42.7 Å². The van der Waals surface area contributed by atoms with Crippen molar-refractivity contribution in [3.05, 3.63) is 53.1 Å². The van der Waals surface area contributed by atoms with Crippen LogP contribution in [0.4, 0.5) is 4.79 Å². The lowest BCUT2D eigenvalue weighted by Crippen LogP contribution is -2.35. The van der Waals surface area contributed by atoms with Crippen LogP contribution in [0.5, 0.6) is 5.75 Å². The second-order valence-electron chi connectivity index (χ2n) is 6.12. The lowest BCUT2D eigenvalue weighted by molar-refractivity contribution is -0.136.